The van der Waals surface area contributed by atoms with Crippen molar-refractivity contribution in [1.82, 2.24) is 19.5 Å². The third-order valence-corrected chi connectivity index (χ3v) is 4.73. The minimum absolute atomic E-state index is 0.0777. The van der Waals surface area contributed by atoms with Gasteiger partial charge in [-0.25, -0.2) is 4.98 Å². The van der Waals surface area contributed by atoms with Gasteiger partial charge in [0.15, 0.2) is 0 Å². The maximum absolute atomic E-state index is 12.7. The van der Waals surface area contributed by atoms with E-state index in [9.17, 15) is 4.79 Å². The van der Waals surface area contributed by atoms with Gasteiger partial charge in [0.2, 0.25) is 0 Å². The van der Waals surface area contributed by atoms with Crippen LogP contribution in [0.3, 0.4) is 0 Å². The fourth-order valence-corrected chi connectivity index (χ4v) is 3.58. The summed E-state index contributed by atoms with van der Waals surface area (Å²) in [5.41, 5.74) is 3.07. The average molecular weight is 386 g/mol. The van der Waals surface area contributed by atoms with Crippen molar-refractivity contribution in [1.29, 1.82) is 0 Å². The van der Waals surface area contributed by atoms with E-state index in [1.54, 1.807) is 24.8 Å². The van der Waals surface area contributed by atoms with E-state index in [0.29, 0.717) is 11.3 Å². The van der Waals surface area contributed by atoms with Gasteiger partial charge in [-0.05, 0) is 35.8 Å². The number of fused-ring (bicyclic) bond motifs is 3. The first-order valence-corrected chi connectivity index (χ1v) is 8.41. The minimum Gasteiger partial charge on any atom is -0.364 e. The molecule has 0 saturated heterocycles. The van der Waals surface area contributed by atoms with E-state index < -0.39 is 0 Å². The van der Waals surface area contributed by atoms with Crippen molar-refractivity contribution < 1.29 is 4.79 Å². The molecule has 4 heterocycles. The van der Waals surface area contributed by atoms with Crippen molar-refractivity contribution in [3.63, 3.8) is 0 Å². The van der Waals surface area contributed by atoms with E-state index in [4.69, 9.17) is 0 Å². The first-order chi connectivity index (χ1) is 11.5. The van der Waals surface area contributed by atoms with Gasteiger partial charge in [0.25, 0.3) is 5.91 Å². The molecule has 24 heavy (non-hydrogen) atoms. The Bertz CT molecular complexity index is 940. The highest BCUT2D eigenvalue weighted by Gasteiger charge is 2.34. The van der Waals surface area contributed by atoms with Gasteiger partial charge in [-0.3, -0.25) is 9.78 Å². The molecule has 0 radical (unpaired) electrons. The lowest BCUT2D eigenvalue weighted by molar-refractivity contribution is 0.102. The number of nitrogens with one attached hydrogen (secondary N) is 2. The molecule has 0 aliphatic carbocycles. The highest BCUT2D eigenvalue weighted by molar-refractivity contribution is 9.10. The molecule has 0 aromatic carbocycles. The molecule has 3 aromatic rings. The van der Waals surface area contributed by atoms with Gasteiger partial charge in [-0.15, -0.1) is 0 Å². The number of aromatic amines is 1. The highest BCUT2D eigenvalue weighted by Crippen LogP contribution is 2.38. The van der Waals surface area contributed by atoms with Gasteiger partial charge in [0.05, 0.1) is 23.0 Å². The summed E-state index contributed by atoms with van der Waals surface area (Å²) in [4.78, 5) is 24.5. The molecule has 3 aromatic heterocycles. The maximum Gasteiger partial charge on any atom is 0.258 e. The molecule has 4 rings (SSSR count). The van der Waals surface area contributed by atoms with E-state index in [-0.39, 0.29) is 11.4 Å². The normalized spacial score (nSPS) is 14.8. The Labute approximate surface area is 147 Å². The molecular weight excluding hydrogens is 370 g/mol. The molecule has 7 heteroatoms. The zero-order valence-electron chi connectivity index (χ0n) is 13.3. The van der Waals surface area contributed by atoms with Crippen LogP contribution in [0.4, 0.5) is 5.69 Å². The van der Waals surface area contributed by atoms with Gasteiger partial charge in [0.1, 0.15) is 5.82 Å². The van der Waals surface area contributed by atoms with E-state index in [0.717, 1.165) is 28.0 Å². The predicted octanol–water partition coefficient (Wildman–Crippen LogP) is 3.58. The van der Waals surface area contributed by atoms with Crippen LogP contribution in [0.2, 0.25) is 0 Å². The lowest BCUT2D eigenvalue weighted by atomic mass is 9.90. The Balaban J connectivity index is 1.73. The number of pyridine rings is 1. The van der Waals surface area contributed by atoms with E-state index >= 15 is 0 Å². The summed E-state index contributed by atoms with van der Waals surface area (Å²) in [6.07, 6.45) is 9.60. The van der Waals surface area contributed by atoms with Gasteiger partial charge >= 0.3 is 0 Å². The van der Waals surface area contributed by atoms with Crippen LogP contribution in [-0.2, 0) is 12.0 Å². The van der Waals surface area contributed by atoms with Crippen LogP contribution in [0.15, 0.2) is 41.5 Å². The van der Waals surface area contributed by atoms with Crippen molar-refractivity contribution in [3.8, 4) is 11.4 Å². The van der Waals surface area contributed by atoms with Crippen molar-refractivity contribution in [3.05, 3.63) is 52.8 Å². The number of halogens is 1. The smallest absolute Gasteiger partial charge is 0.258 e. The van der Waals surface area contributed by atoms with Crippen LogP contribution in [-0.4, -0.2) is 25.4 Å². The number of anilines is 1. The van der Waals surface area contributed by atoms with Crippen molar-refractivity contribution in [2.24, 2.45) is 0 Å². The topological polar surface area (TPSA) is 75.6 Å². The Kier molecular flexibility index (Phi) is 3.35. The first-order valence-electron chi connectivity index (χ1n) is 7.62. The van der Waals surface area contributed by atoms with Crippen LogP contribution in [0.25, 0.3) is 11.4 Å². The van der Waals surface area contributed by atoms with Crippen LogP contribution in [0, 0.1) is 0 Å². The predicted molar refractivity (Wildman–Crippen MR) is 94.9 cm³/mol. The lowest BCUT2D eigenvalue weighted by Gasteiger charge is -2.32. The Morgan fingerprint density at radius 1 is 1.42 bits per heavy atom. The number of amides is 1. The second-order valence-corrected chi connectivity index (χ2v) is 7.43. The minimum atomic E-state index is -0.179. The zero-order chi connectivity index (χ0) is 16.9. The summed E-state index contributed by atoms with van der Waals surface area (Å²) in [6.45, 7) is 4.32. The molecule has 0 unspecified atom stereocenters. The summed E-state index contributed by atoms with van der Waals surface area (Å²) < 4.78 is 2.94. The Morgan fingerprint density at radius 3 is 3.04 bits per heavy atom. The summed E-state index contributed by atoms with van der Waals surface area (Å²) in [5.74, 6) is 0.640. The molecule has 0 bridgehead atoms. The molecule has 0 saturated carbocycles. The molecule has 1 aliphatic heterocycles. The standard InChI is InChI=1S/C17H16BrN5O/c1-17(2)6-13-14(15-20-3-4-23(15)17)12(9-21-13)16(24)22-11-5-10(18)7-19-8-11/h3-5,7-9,21H,6H2,1-2H3,(H,22,24). The van der Waals surface area contributed by atoms with Crippen molar-refractivity contribution in [2.45, 2.75) is 25.8 Å². The molecule has 2 N–H and O–H groups in total. The zero-order valence-corrected chi connectivity index (χ0v) is 14.9. The van der Waals surface area contributed by atoms with Crippen molar-refractivity contribution >= 4 is 27.5 Å². The second-order valence-electron chi connectivity index (χ2n) is 6.51. The molecule has 6 nitrogen and oxygen atoms in total. The average Bonchev–Trinajstić information content (AvgIpc) is 3.13. The summed E-state index contributed by atoms with van der Waals surface area (Å²) in [7, 11) is 0. The van der Waals surface area contributed by atoms with E-state index in [1.807, 2.05) is 12.3 Å². The molecule has 122 valence electrons. The second kappa shape index (κ2) is 5.31. The van der Waals surface area contributed by atoms with E-state index in [2.05, 4.69) is 54.6 Å². The van der Waals surface area contributed by atoms with Gasteiger partial charge in [0, 0.05) is 46.9 Å². The van der Waals surface area contributed by atoms with Gasteiger partial charge < -0.3 is 14.9 Å². The van der Waals surface area contributed by atoms with Crippen LogP contribution in [0.1, 0.15) is 29.9 Å². The Morgan fingerprint density at radius 2 is 2.25 bits per heavy atom. The van der Waals surface area contributed by atoms with E-state index in [1.165, 1.54) is 0 Å². The number of hydrogen-bond acceptors (Lipinski definition) is 3. The molecule has 1 amide bonds. The molecular formula is C17H16BrN5O. The SMILES string of the molecule is CC1(C)Cc2[nH]cc(C(=O)Nc3cncc(Br)c3)c2-c2nccn21. The molecule has 1 aliphatic rings. The summed E-state index contributed by atoms with van der Waals surface area (Å²) in [5, 5.41) is 2.89. The quantitative estimate of drug-likeness (QED) is 0.707. The number of aromatic nitrogens is 4. The third-order valence-electron chi connectivity index (χ3n) is 4.30. The highest BCUT2D eigenvalue weighted by atomic mass is 79.9. The monoisotopic (exact) mass is 385 g/mol. The van der Waals surface area contributed by atoms with Gasteiger partial charge in [-0.2, -0.15) is 0 Å². The number of H-pyrrole nitrogens is 1. The largest absolute Gasteiger partial charge is 0.364 e. The number of carbonyl (C=O) groups excluding carboxylic acids is 1. The fourth-order valence-electron chi connectivity index (χ4n) is 3.21. The van der Waals surface area contributed by atoms with Crippen LogP contribution in [0.5, 0.6) is 0 Å². The number of hydrogen-bond donors (Lipinski definition) is 2. The molecule has 0 atom stereocenters. The van der Waals surface area contributed by atoms with Crippen LogP contribution >= 0.6 is 15.9 Å². The van der Waals surface area contributed by atoms with Gasteiger partial charge in [-0.1, -0.05) is 0 Å². The summed E-state index contributed by atoms with van der Waals surface area (Å²) >= 11 is 3.36. The number of imidazole rings is 1. The van der Waals surface area contributed by atoms with Crippen LogP contribution < -0.4 is 5.32 Å². The first kappa shape index (κ1) is 15.1. The summed E-state index contributed by atoms with van der Waals surface area (Å²) in [6, 6.07) is 1.81. The maximum atomic E-state index is 12.7. The molecule has 0 fully saturated rings. The number of carbonyl (C=O) groups is 1. The number of nitrogens with zero attached hydrogens (tertiary/aromatic N) is 3. The third kappa shape index (κ3) is 2.36. The number of rotatable bonds is 2. The lowest BCUT2D eigenvalue weighted by Crippen LogP contribution is -2.33. The fraction of sp³-hybridized carbons (Fsp3) is 0.235. The molecule has 0 spiro atoms. The Hall–Kier alpha value is -2.41. The van der Waals surface area contributed by atoms with Crippen molar-refractivity contribution in [2.75, 3.05) is 5.32 Å².